The highest BCUT2D eigenvalue weighted by Gasteiger charge is 2.48. The molecule has 1 saturated heterocycles. The van der Waals surface area contributed by atoms with Crippen LogP contribution < -0.4 is 4.74 Å². The van der Waals surface area contributed by atoms with E-state index in [0.29, 0.717) is 16.3 Å². The Balaban J connectivity index is 1.49. The van der Waals surface area contributed by atoms with Crippen molar-refractivity contribution in [3.63, 3.8) is 0 Å². The number of thiazole rings is 1. The summed E-state index contributed by atoms with van der Waals surface area (Å²) in [6.07, 6.45) is 2.88. The molecule has 27 heavy (non-hydrogen) atoms. The Morgan fingerprint density at radius 1 is 1.33 bits per heavy atom. The first-order valence-corrected chi connectivity index (χ1v) is 10.0. The van der Waals surface area contributed by atoms with E-state index < -0.39 is 18.5 Å². The highest BCUT2D eigenvalue weighted by atomic mass is 32.1. The lowest BCUT2D eigenvalue weighted by Crippen LogP contribution is -2.39. The Morgan fingerprint density at radius 3 is 2.85 bits per heavy atom. The summed E-state index contributed by atoms with van der Waals surface area (Å²) in [5.74, 6) is -2.59. The maximum Gasteiger partial charge on any atom is 0.267 e. The summed E-state index contributed by atoms with van der Waals surface area (Å²) in [6.45, 7) is 3.04. The molecular formula is C20H22F2N2O2S. The van der Waals surface area contributed by atoms with E-state index in [1.807, 2.05) is 25.1 Å². The number of nitrogens with zero attached hydrogens (tertiary/aromatic N) is 2. The van der Waals surface area contributed by atoms with E-state index in [0.717, 1.165) is 24.3 Å². The van der Waals surface area contributed by atoms with Gasteiger partial charge in [0.1, 0.15) is 17.2 Å². The second-order valence-electron chi connectivity index (χ2n) is 7.39. The molecule has 0 bridgehead atoms. The normalized spacial score (nSPS) is 20.7. The number of carbonyl (C=O) groups is 1. The third-order valence-corrected chi connectivity index (χ3v) is 6.31. The van der Waals surface area contributed by atoms with Gasteiger partial charge in [0.15, 0.2) is 0 Å². The van der Waals surface area contributed by atoms with Crippen molar-refractivity contribution >= 4 is 17.2 Å². The van der Waals surface area contributed by atoms with Gasteiger partial charge in [0.05, 0.1) is 23.3 Å². The fraction of sp³-hybridized carbons (Fsp3) is 0.500. The maximum atomic E-state index is 14.1. The van der Waals surface area contributed by atoms with Crippen LogP contribution in [0.3, 0.4) is 0 Å². The lowest BCUT2D eigenvalue weighted by Gasteiger charge is -2.23. The summed E-state index contributed by atoms with van der Waals surface area (Å²) in [7, 11) is 0. The Morgan fingerprint density at radius 2 is 2.11 bits per heavy atom. The molecule has 1 aliphatic heterocycles. The monoisotopic (exact) mass is 392 g/mol. The highest BCUT2D eigenvalue weighted by Crippen LogP contribution is 2.35. The summed E-state index contributed by atoms with van der Waals surface area (Å²) < 4.78 is 34.0. The molecule has 4 nitrogen and oxygen atoms in total. The van der Waals surface area contributed by atoms with Gasteiger partial charge in [-0.2, -0.15) is 0 Å². The van der Waals surface area contributed by atoms with E-state index in [1.54, 1.807) is 6.92 Å². The SMILES string of the molecule is Cc1nc(C)c(C(=O)N2CC(F)(F)C[C@H]2COc2ccc3c(c2)CCC3)s1. The predicted octanol–water partition coefficient (Wildman–Crippen LogP) is 4.18. The molecule has 0 radical (unpaired) electrons. The molecule has 2 aromatic rings. The van der Waals surface area contributed by atoms with Crippen molar-refractivity contribution in [2.75, 3.05) is 13.2 Å². The summed E-state index contributed by atoms with van der Waals surface area (Å²) in [5, 5.41) is 0.757. The number of ether oxygens (including phenoxy) is 1. The number of benzene rings is 1. The summed E-state index contributed by atoms with van der Waals surface area (Å²) >= 11 is 1.25. The van der Waals surface area contributed by atoms with Gasteiger partial charge < -0.3 is 9.64 Å². The molecule has 1 aliphatic carbocycles. The lowest BCUT2D eigenvalue weighted by molar-refractivity contribution is 0.0117. The molecule has 1 fully saturated rings. The number of hydrogen-bond acceptors (Lipinski definition) is 4. The van der Waals surface area contributed by atoms with Crippen molar-refractivity contribution in [3.8, 4) is 5.75 Å². The molecule has 4 rings (SSSR count). The maximum absolute atomic E-state index is 14.1. The molecule has 144 valence electrons. The van der Waals surface area contributed by atoms with Gasteiger partial charge in [-0.05, 0) is 56.4 Å². The molecule has 1 aromatic carbocycles. The van der Waals surface area contributed by atoms with E-state index in [1.165, 1.54) is 27.4 Å². The van der Waals surface area contributed by atoms with Crippen LogP contribution in [-0.4, -0.2) is 40.9 Å². The van der Waals surface area contributed by atoms with Crippen molar-refractivity contribution in [2.24, 2.45) is 0 Å². The summed E-state index contributed by atoms with van der Waals surface area (Å²) in [4.78, 5) is 18.8. The number of aromatic nitrogens is 1. The summed E-state index contributed by atoms with van der Waals surface area (Å²) in [5.41, 5.74) is 3.20. The molecule has 0 unspecified atom stereocenters. The molecule has 0 spiro atoms. The van der Waals surface area contributed by atoms with Crippen LogP contribution in [0.2, 0.25) is 0 Å². The number of halogens is 2. The molecular weight excluding hydrogens is 370 g/mol. The van der Waals surface area contributed by atoms with Gasteiger partial charge >= 0.3 is 0 Å². The van der Waals surface area contributed by atoms with Gasteiger partial charge in [0, 0.05) is 6.42 Å². The zero-order chi connectivity index (χ0) is 19.2. The fourth-order valence-electron chi connectivity index (χ4n) is 3.97. The standard InChI is InChI=1S/C20H22F2N2O2S/c1-12-18(27-13(2)23-12)19(25)24-11-20(21,22)9-16(24)10-26-17-7-6-14-4-3-5-15(14)8-17/h6-8,16H,3-5,9-11H2,1-2H3/t16-/m0/s1. The van der Waals surface area contributed by atoms with Gasteiger partial charge in [0.25, 0.3) is 11.8 Å². The number of fused-ring (bicyclic) bond motifs is 1. The Kier molecular flexibility index (Phi) is 4.66. The van der Waals surface area contributed by atoms with Crippen LogP contribution in [0, 0.1) is 13.8 Å². The molecule has 1 atom stereocenters. The van der Waals surface area contributed by atoms with Gasteiger partial charge in [-0.15, -0.1) is 11.3 Å². The number of alkyl halides is 2. The quantitative estimate of drug-likeness (QED) is 0.784. The Bertz CT molecular complexity index is 881. The highest BCUT2D eigenvalue weighted by molar-refractivity contribution is 7.13. The van der Waals surface area contributed by atoms with E-state index >= 15 is 0 Å². The molecule has 0 saturated carbocycles. The molecule has 2 aliphatic rings. The smallest absolute Gasteiger partial charge is 0.267 e. The van der Waals surface area contributed by atoms with Crippen molar-refractivity contribution in [1.82, 2.24) is 9.88 Å². The van der Waals surface area contributed by atoms with Crippen LogP contribution in [0.1, 0.15) is 44.3 Å². The number of carbonyl (C=O) groups excluding carboxylic acids is 1. The van der Waals surface area contributed by atoms with Crippen molar-refractivity contribution < 1.29 is 18.3 Å². The Labute approximate surface area is 161 Å². The topological polar surface area (TPSA) is 42.4 Å². The lowest BCUT2D eigenvalue weighted by atomic mass is 10.1. The minimum Gasteiger partial charge on any atom is -0.491 e. The minimum atomic E-state index is -2.89. The van der Waals surface area contributed by atoms with Crippen LogP contribution in [0.4, 0.5) is 8.78 Å². The summed E-state index contributed by atoms with van der Waals surface area (Å²) in [6, 6.07) is 5.29. The minimum absolute atomic E-state index is 0.0664. The second-order valence-corrected chi connectivity index (χ2v) is 8.59. The zero-order valence-corrected chi connectivity index (χ0v) is 16.2. The van der Waals surface area contributed by atoms with Crippen molar-refractivity contribution in [2.45, 2.75) is 51.5 Å². The predicted molar refractivity (Wildman–Crippen MR) is 99.9 cm³/mol. The van der Waals surface area contributed by atoms with Gasteiger partial charge in [0.2, 0.25) is 0 Å². The van der Waals surface area contributed by atoms with Crippen LogP contribution >= 0.6 is 11.3 Å². The van der Waals surface area contributed by atoms with Gasteiger partial charge in [-0.3, -0.25) is 4.79 Å². The van der Waals surface area contributed by atoms with Crippen LogP contribution in [0.5, 0.6) is 5.75 Å². The third kappa shape index (κ3) is 3.70. The largest absolute Gasteiger partial charge is 0.491 e. The number of hydrogen-bond donors (Lipinski definition) is 0. The number of aryl methyl sites for hydroxylation is 4. The molecule has 1 amide bonds. The number of amides is 1. The van der Waals surface area contributed by atoms with Crippen LogP contribution in [0.15, 0.2) is 18.2 Å². The van der Waals surface area contributed by atoms with Gasteiger partial charge in [-0.1, -0.05) is 6.07 Å². The van der Waals surface area contributed by atoms with Crippen molar-refractivity contribution in [3.05, 3.63) is 44.9 Å². The zero-order valence-electron chi connectivity index (χ0n) is 15.4. The van der Waals surface area contributed by atoms with E-state index in [2.05, 4.69) is 4.98 Å². The molecule has 0 N–H and O–H groups in total. The first-order chi connectivity index (χ1) is 12.8. The van der Waals surface area contributed by atoms with Crippen molar-refractivity contribution in [1.29, 1.82) is 0 Å². The first kappa shape index (κ1) is 18.3. The molecule has 1 aromatic heterocycles. The fourth-order valence-corrected chi connectivity index (χ4v) is 4.85. The van der Waals surface area contributed by atoms with Crippen LogP contribution in [-0.2, 0) is 12.8 Å². The number of likely N-dealkylation sites (tertiary alicyclic amines) is 1. The third-order valence-electron chi connectivity index (χ3n) is 5.25. The van der Waals surface area contributed by atoms with Gasteiger partial charge in [-0.25, -0.2) is 13.8 Å². The van der Waals surface area contributed by atoms with E-state index in [4.69, 9.17) is 4.74 Å². The molecule has 7 heteroatoms. The Hall–Kier alpha value is -2.02. The molecule has 2 heterocycles. The second kappa shape index (κ2) is 6.86. The average molecular weight is 392 g/mol. The first-order valence-electron chi connectivity index (χ1n) is 9.20. The van der Waals surface area contributed by atoms with Crippen LogP contribution in [0.25, 0.3) is 0 Å². The van der Waals surface area contributed by atoms with E-state index in [9.17, 15) is 13.6 Å². The number of rotatable bonds is 4. The van der Waals surface area contributed by atoms with E-state index in [-0.39, 0.29) is 18.9 Å². The average Bonchev–Trinajstić information content (AvgIpc) is 3.28.